The number of benzene rings is 1. The number of non-ortho nitro benzene ring substituents is 1. The Kier molecular flexibility index (Phi) is 3.01. The molecule has 0 bridgehead atoms. The summed E-state index contributed by atoms with van der Waals surface area (Å²) in [5, 5.41) is 15.6. The molecule has 0 aliphatic carbocycles. The van der Waals surface area contributed by atoms with Crippen molar-refractivity contribution in [3.63, 3.8) is 0 Å². The molecule has 0 atom stereocenters. The maximum absolute atomic E-state index is 10.5. The number of hydrogen-bond acceptors (Lipinski definition) is 5. The highest BCUT2D eigenvalue weighted by atomic mass is 32.2. The SMILES string of the molecule is CSc1cc(N)n(-c2ccc([N+](=O)[O-])cc2)n1. The summed E-state index contributed by atoms with van der Waals surface area (Å²) in [7, 11) is 0. The van der Waals surface area contributed by atoms with E-state index in [1.54, 1.807) is 22.9 Å². The van der Waals surface area contributed by atoms with Gasteiger partial charge in [-0.15, -0.1) is 11.8 Å². The minimum atomic E-state index is -0.441. The molecule has 0 radical (unpaired) electrons. The molecule has 1 heterocycles. The normalized spacial score (nSPS) is 10.4. The molecule has 17 heavy (non-hydrogen) atoms. The zero-order chi connectivity index (χ0) is 12.4. The second kappa shape index (κ2) is 4.46. The van der Waals surface area contributed by atoms with Gasteiger partial charge in [-0.05, 0) is 18.4 Å². The van der Waals surface area contributed by atoms with E-state index in [2.05, 4.69) is 5.10 Å². The molecule has 6 nitrogen and oxygen atoms in total. The molecule has 2 aromatic rings. The molecule has 0 saturated heterocycles. The van der Waals surface area contributed by atoms with Crippen molar-refractivity contribution in [3.8, 4) is 5.69 Å². The first-order valence-corrected chi connectivity index (χ1v) is 5.98. The van der Waals surface area contributed by atoms with E-state index in [1.165, 1.54) is 23.9 Å². The number of nitro benzene ring substituents is 1. The zero-order valence-electron chi connectivity index (χ0n) is 9.03. The van der Waals surface area contributed by atoms with Crippen LogP contribution in [0.3, 0.4) is 0 Å². The van der Waals surface area contributed by atoms with Crippen molar-refractivity contribution in [3.05, 3.63) is 40.4 Å². The van der Waals surface area contributed by atoms with E-state index in [1.807, 2.05) is 6.26 Å². The van der Waals surface area contributed by atoms with Gasteiger partial charge in [-0.2, -0.15) is 5.10 Å². The molecule has 0 aliphatic rings. The van der Waals surface area contributed by atoms with Crippen molar-refractivity contribution in [1.82, 2.24) is 9.78 Å². The predicted molar refractivity (Wildman–Crippen MR) is 66.4 cm³/mol. The summed E-state index contributed by atoms with van der Waals surface area (Å²) in [6, 6.07) is 7.84. The van der Waals surface area contributed by atoms with Crippen LogP contribution in [-0.2, 0) is 0 Å². The first-order chi connectivity index (χ1) is 8.11. The fourth-order valence-corrected chi connectivity index (χ4v) is 1.80. The number of rotatable bonds is 3. The Hall–Kier alpha value is -2.02. The Balaban J connectivity index is 2.39. The lowest BCUT2D eigenvalue weighted by Crippen LogP contribution is -2.01. The van der Waals surface area contributed by atoms with Crippen molar-refractivity contribution in [1.29, 1.82) is 0 Å². The number of aromatic nitrogens is 2. The highest BCUT2D eigenvalue weighted by Crippen LogP contribution is 2.21. The second-order valence-electron chi connectivity index (χ2n) is 3.30. The van der Waals surface area contributed by atoms with Gasteiger partial charge in [0.25, 0.3) is 5.69 Å². The topological polar surface area (TPSA) is 87.0 Å². The Labute approximate surface area is 102 Å². The fourth-order valence-electron chi connectivity index (χ4n) is 1.39. The van der Waals surface area contributed by atoms with Gasteiger partial charge in [0, 0.05) is 18.2 Å². The van der Waals surface area contributed by atoms with Crippen LogP contribution in [0.15, 0.2) is 35.4 Å². The van der Waals surface area contributed by atoms with E-state index in [4.69, 9.17) is 5.73 Å². The summed E-state index contributed by atoms with van der Waals surface area (Å²) in [6.07, 6.45) is 1.90. The van der Waals surface area contributed by atoms with Crippen molar-refractivity contribution in [2.24, 2.45) is 0 Å². The standard InChI is InChI=1S/C10H10N4O2S/c1-17-10-6-9(11)13(12-10)7-2-4-8(5-3-7)14(15)16/h2-6H,11H2,1H3. The molecular weight excluding hydrogens is 240 g/mol. The zero-order valence-corrected chi connectivity index (χ0v) is 9.85. The van der Waals surface area contributed by atoms with Gasteiger partial charge in [-0.25, -0.2) is 4.68 Å². The van der Waals surface area contributed by atoms with Crippen LogP contribution < -0.4 is 5.73 Å². The monoisotopic (exact) mass is 250 g/mol. The van der Waals surface area contributed by atoms with E-state index >= 15 is 0 Å². The summed E-state index contributed by atoms with van der Waals surface area (Å²) in [4.78, 5) is 10.1. The van der Waals surface area contributed by atoms with Gasteiger partial charge < -0.3 is 5.73 Å². The summed E-state index contributed by atoms with van der Waals surface area (Å²) in [6.45, 7) is 0. The summed E-state index contributed by atoms with van der Waals surface area (Å²) < 4.78 is 1.55. The van der Waals surface area contributed by atoms with Crippen molar-refractivity contribution in [2.75, 3.05) is 12.0 Å². The molecule has 0 fully saturated rings. The molecule has 0 aliphatic heterocycles. The van der Waals surface area contributed by atoms with Crippen LogP contribution in [-0.4, -0.2) is 21.0 Å². The number of anilines is 1. The van der Waals surface area contributed by atoms with Crippen molar-refractivity contribution < 1.29 is 4.92 Å². The summed E-state index contributed by atoms with van der Waals surface area (Å²) in [5.74, 6) is 0.503. The lowest BCUT2D eigenvalue weighted by atomic mass is 10.3. The van der Waals surface area contributed by atoms with Gasteiger partial charge in [0.1, 0.15) is 10.8 Å². The lowest BCUT2D eigenvalue weighted by molar-refractivity contribution is -0.384. The smallest absolute Gasteiger partial charge is 0.269 e. The third-order valence-electron chi connectivity index (χ3n) is 2.23. The van der Waals surface area contributed by atoms with Crippen LogP contribution in [0.1, 0.15) is 0 Å². The van der Waals surface area contributed by atoms with Crippen LogP contribution in [0.5, 0.6) is 0 Å². The van der Waals surface area contributed by atoms with Gasteiger partial charge in [-0.1, -0.05) is 0 Å². The van der Waals surface area contributed by atoms with Gasteiger partial charge in [0.05, 0.1) is 10.6 Å². The van der Waals surface area contributed by atoms with E-state index < -0.39 is 4.92 Å². The lowest BCUT2D eigenvalue weighted by Gasteiger charge is -2.02. The molecule has 1 aromatic heterocycles. The van der Waals surface area contributed by atoms with Gasteiger partial charge >= 0.3 is 0 Å². The van der Waals surface area contributed by atoms with E-state index in [0.29, 0.717) is 11.5 Å². The number of nitrogens with two attached hydrogens (primary N) is 1. The van der Waals surface area contributed by atoms with E-state index in [-0.39, 0.29) is 5.69 Å². The number of thioether (sulfide) groups is 1. The Morgan fingerprint density at radius 1 is 1.41 bits per heavy atom. The molecule has 2 N–H and O–H groups in total. The molecule has 0 saturated carbocycles. The third-order valence-corrected chi connectivity index (χ3v) is 2.85. The first-order valence-electron chi connectivity index (χ1n) is 4.76. The molecular formula is C10H10N4O2S. The number of nitrogens with zero attached hydrogens (tertiary/aromatic N) is 3. The van der Waals surface area contributed by atoms with Gasteiger partial charge in [0.2, 0.25) is 0 Å². The van der Waals surface area contributed by atoms with Crippen LogP contribution in [0, 0.1) is 10.1 Å². The van der Waals surface area contributed by atoms with Crippen LogP contribution in [0.25, 0.3) is 5.69 Å². The van der Waals surface area contributed by atoms with E-state index in [0.717, 1.165) is 5.03 Å². The predicted octanol–water partition coefficient (Wildman–Crippen LogP) is 2.08. The molecule has 0 spiro atoms. The van der Waals surface area contributed by atoms with Crippen molar-refractivity contribution >= 4 is 23.3 Å². The number of nitrogen functional groups attached to an aromatic ring is 1. The first kappa shape index (κ1) is 11.5. The van der Waals surface area contributed by atoms with Gasteiger partial charge in [0.15, 0.2) is 0 Å². The fraction of sp³-hybridized carbons (Fsp3) is 0.100. The Morgan fingerprint density at radius 2 is 2.06 bits per heavy atom. The summed E-state index contributed by atoms with van der Waals surface area (Å²) >= 11 is 1.49. The molecule has 2 rings (SSSR count). The quantitative estimate of drug-likeness (QED) is 0.512. The van der Waals surface area contributed by atoms with Crippen LogP contribution >= 0.6 is 11.8 Å². The maximum Gasteiger partial charge on any atom is 0.269 e. The maximum atomic E-state index is 10.5. The van der Waals surface area contributed by atoms with Crippen LogP contribution in [0.2, 0.25) is 0 Å². The minimum absolute atomic E-state index is 0.0459. The van der Waals surface area contributed by atoms with Crippen LogP contribution in [0.4, 0.5) is 11.5 Å². The molecule has 1 aromatic carbocycles. The minimum Gasteiger partial charge on any atom is -0.384 e. The third kappa shape index (κ3) is 2.23. The largest absolute Gasteiger partial charge is 0.384 e. The summed E-state index contributed by atoms with van der Waals surface area (Å²) in [5.41, 5.74) is 6.55. The van der Waals surface area contributed by atoms with E-state index in [9.17, 15) is 10.1 Å². The second-order valence-corrected chi connectivity index (χ2v) is 4.12. The highest BCUT2D eigenvalue weighted by Gasteiger charge is 2.08. The Bertz CT molecular complexity index is 550. The molecule has 0 amide bonds. The highest BCUT2D eigenvalue weighted by molar-refractivity contribution is 7.98. The average Bonchev–Trinajstić information content (AvgIpc) is 2.71. The number of hydrogen-bond donors (Lipinski definition) is 1. The number of nitro groups is 1. The average molecular weight is 250 g/mol. The van der Waals surface area contributed by atoms with Gasteiger partial charge in [-0.3, -0.25) is 10.1 Å². The van der Waals surface area contributed by atoms with Crippen molar-refractivity contribution in [2.45, 2.75) is 5.03 Å². The Morgan fingerprint density at radius 3 is 2.53 bits per heavy atom. The molecule has 88 valence electrons. The molecule has 0 unspecified atom stereocenters. The molecule has 7 heteroatoms.